The standard InChI is InChI=1S/C19H22FN3O3/c1-12-10-23(19(26)22-18(12)25)11-17(24)21-16-4-2-3-14(16)9-13-5-7-15(20)8-6-13/h5-8,10,14,16H,2-4,9,11H2,1H3,(H,21,24)(H,22,25,26)/t14-,16-/m0/s1. The van der Waals surface area contributed by atoms with E-state index in [2.05, 4.69) is 10.3 Å². The minimum atomic E-state index is -0.593. The summed E-state index contributed by atoms with van der Waals surface area (Å²) in [7, 11) is 0. The second-order valence-corrected chi connectivity index (χ2v) is 6.89. The van der Waals surface area contributed by atoms with Crippen LogP contribution in [0.4, 0.5) is 4.39 Å². The summed E-state index contributed by atoms with van der Waals surface area (Å²) in [6, 6.07) is 6.47. The van der Waals surface area contributed by atoms with Crippen LogP contribution in [-0.4, -0.2) is 21.5 Å². The lowest BCUT2D eigenvalue weighted by molar-refractivity contribution is -0.122. The van der Waals surface area contributed by atoms with Gasteiger partial charge in [0.05, 0.1) is 0 Å². The van der Waals surface area contributed by atoms with Crippen LogP contribution in [0.15, 0.2) is 40.1 Å². The monoisotopic (exact) mass is 359 g/mol. The second-order valence-electron chi connectivity index (χ2n) is 6.89. The molecule has 2 atom stereocenters. The molecule has 138 valence electrons. The molecule has 26 heavy (non-hydrogen) atoms. The largest absolute Gasteiger partial charge is 0.352 e. The highest BCUT2D eigenvalue weighted by molar-refractivity contribution is 5.76. The maximum absolute atomic E-state index is 13.0. The van der Waals surface area contributed by atoms with Crippen molar-refractivity contribution in [2.45, 2.75) is 45.2 Å². The molecule has 1 aromatic carbocycles. The van der Waals surface area contributed by atoms with Crippen LogP contribution in [0.25, 0.3) is 0 Å². The van der Waals surface area contributed by atoms with E-state index in [1.807, 2.05) is 0 Å². The molecule has 1 aliphatic carbocycles. The van der Waals surface area contributed by atoms with E-state index < -0.39 is 11.2 Å². The Bertz CT molecular complexity index is 901. The summed E-state index contributed by atoms with van der Waals surface area (Å²) in [6.45, 7) is 1.46. The lowest BCUT2D eigenvalue weighted by Crippen LogP contribution is -2.42. The first-order valence-corrected chi connectivity index (χ1v) is 8.76. The molecule has 0 unspecified atom stereocenters. The van der Waals surface area contributed by atoms with E-state index in [9.17, 15) is 18.8 Å². The van der Waals surface area contributed by atoms with E-state index in [0.717, 1.165) is 31.2 Å². The Hall–Kier alpha value is -2.70. The number of halogens is 1. The summed E-state index contributed by atoms with van der Waals surface area (Å²) in [6.07, 6.45) is 5.08. The minimum absolute atomic E-state index is 0.0344. The zero-order valence-electron chi connectivity index (χ0n) is 14.6. The molecule has 0 bridgehead atoms. The van der Waals surface area contributed by atoms with E-state index in [1.54, 1.807) is 19.1 Å². The van der Waals surface area contributed by atoms with Crippen LogP contribution in [0.2, 0.25) is 0 Å². The molecular weight excluding hydrogens is 337 g/mol. The maximum atomic E-state index is 13.0. The average Bonchev–Trinajstić information content (AvgIpc) is 3.01. The molecule has 6 nitrogen and oxygen atoms in total. The van der Waals surface area contributed by atoms with Crippen molar-refractivity contribution in [3.05, 3.63) is 68.2 Å². The van der Waals surface area contributed by atoms with E-state index >= 15 is 0 Å². The number of carbonyl (C=O) groups is 1. The fourth-order valence-corrected chi connectivity index (χ4v) is 3.54. The first-order chi connectivity index (χ1) is 12.4. The Kier molecular flexibility index (Phi) is 5.35. The molecule has 7 heteroatoms. The summed E-state index contributed by atoms with van der Waals surface area (Å²) >= 11 is 0. The lowest BCUT2D eigenvalue weighted by atomic mass is 9.94. The predicted molar refractivity (Wildman–Crippen MR) is 95.4 cm³/mol. The number of nitrogens with zero attached hydrogens (tertiary/aromatic N) is 1. The third-order valence-electron chi connectivity index (χ3n) is 4.92. The Morgan fingerprint density at radius 3 is 2.73 bits per heavy atom. The second kappa shape index (κ2) is 7.68. The van der Waals surface area contributed by atoms with Crippen molar-refractivity contribution in [2.24, 2.45) is 5.92 Å². The summed E-state index contributed by atoms with van der Waals surface area (Å²) in [5, 5.41) is 3.01. The highest BCUT2D eigenvalue weighted by atomic mass is 19.1. The van der Waals surface area contributed by atoms with Gasteiger partial charge in [-0.1, -0.05) is 18.6 Å². The van der Waals surface area contributed by atoms with Gasteiger partial charge in [-0.2, -0.15) is 0 Å². The minimum Gasteiger partial charge on any atom is -0.352 e. The molecule has 0 radical (unpaired) electrons. The van der Waals surface area contributed by atoms with Crippen LogP contribution in [-0.2, 0) is 17.8 Å². The van der Waals surface area contributed by atoms with Gasteiger partial charge in [-0.3, -0.25) is 19.1 Å². The maximum Gasteiger partial charge on any atom is 0.328 e. The molecule has 3 rings (SSSR count). The van der Waals surface area contributed by atoms with Crippen LogP contribution in [0.3, 0.4) is 0 Å². The first kappa shape index (κ1) is 18.1. The average molecular weight is 359 g/mol. The molecule has 2 N–H and O–H groups in total. The van der Waals surface area contributed by atoms with Crippen LogP contribution in [0.1, 0.15) is 30.4 Å². The van der Waals surface area contributed by atoms with Crippen molar-refractivity contribution in [1.82, 2.24) is 14.9 Å². The van der Waals surface area contributed by atoms with Gasteiger partial charge in [-0.15, -0.1) is 0 Å². The Labute approximate surface area is 150 Å². The number of benzene rings is 1. The SMILES string of the molecule is Cc1cn(CC(=O)N[C@H]2CCC[C@H]2Cc2ccc(F)cc2)c(=O)[nH]c1=O. The third-order valence-corrected chi connectivity index (χ3v) is 4.92. The van der Waals surface area contributed by atoms with Gasteiger partial charge in [0, 0.05) is 17.8 Å². The quantitative estimate of drug-likeness (QED) is 0.849. The molecule has 1 aliphatic rings. The Morgan fingerprint density at radius 2 is 2.00 bits per heavy atom. The van der Waals surface area contributed by atoms with Crippen LogP contribution < -0.4 is 16.6 Å². The van der Waals surface area contributed by atoms with Gasteiger partial charge in [-0.25, -0.2) is 9.18 Å². The van der Waals surface area contributed by atoms with Gasteiger partial charge in [0.1, 0.15) is 12.4 Å². The summed E-state index contributed by atoms with van der Waals surface area (Å²) in [4.78, 5) is 37.7. The number of hydrogen-bond donors (Lipinski definition) is 2. The third kappa shape index (κ3) is 4.28. The number of aromatic nitrogens is 2. The van der Waals surface area contributed by atoms with Crippen molar-refractivity contribution in [1.29, 1.82) is 0 Å². The van der Waals surface area contributed by atoms with E-state index in [1.165, 1.54) is 22.9 Å². The number of aromatic amines is 1. The molecule has 0 saturated heterocycles. The highest BCUT2D eigenvalue weighted by Crippen LogP contribution is 2.29. The first-order valence-electron chi connectivity index (χ1n) is 8.76. The van der Waals surface area contributed by atoms with Crippen LogP contribution in [0.5, 0.6) is 0 Å². The molecule has 0 aliphatic heterocycles. The number of hydrogen-bond acceptors (Lipinski definition) is 3. The van der Waals surface area contributed by atoms with Gasteiger partial charge in [0.2, 0.25) is 5.91 Å². The van der Waals surface area contributed by atoms with E-state index in [4.69, 9.17) is 0 Å². The Morgan fingerprint density at radius 1 is 1.27 bits per heavy atom. The highest BCUT2D eigenvalue weighted by Gasteiger charge is 2.28. The molecule has 1 fully saturated rings. The molecule has 1 amide bonds. The van der Waals surface area contributed by atoms with Crippen molar-refractivity contribution in [3.63, 3.8) is 0 Å². The number of rotatable bonds is 5. The molecule has 0 spiro atoms. The van der Waals surface area contributed by atoms with Crippen LogP contribution >= 0.6 is 0 Å². The Balaban J connectivity index is 1.63. The lowest BCUT2D eigenvalue weighted by Gasteiger charge is -2.21. The topological polar surface area (TPSA) is 84.0 Å². The van der Waals surface area contributed by atoms with Gasteiger partial charge < -0.3 is 5.32 Å². The molecule has 2 aromatic rings. The number of nitrogens with one attached hydrogen (secondary N) is 2. The zero-order valence-corrected chi connectivity index (χ0v) is 14.6. The normalized spacial score (nSPS) is 19.5. The van der Waals surface area contributed by atoms with E-state index in [0.29, 0.717) is 11.5 Å². The van der Waals surface area contributed by atoms with Gasteiger partial charge in [0.15, 0.2) is 0 Å². The number of carbonyl (C=O) groups excluding carboxylic acids is 1. The number of H-pyrrole nitrogens is 1. The fourth-order valence-electron chi connectivity index (χ4n) is 3.54. The molecule has 1 heterocycles. The van der Waals surface area contributed by atoms with Gasteiger partial charge >= 0.3 is 5.69 Å². The number of aryl methyl sites for hydroxylation is 1. The number of amides is 1. The molecule has 1 saturated carbocycles. The molecular formula is C19H22FN3O3. The van der Waals surface area contributed by atoms with E-state index in [-0.39, 0.29) is 24.3 Å². The summed E-state index contributed by atoms with van der Waals surface area (Å²) < 4.78 is 14.2. The summed E-state index contributed by atoms with van der Waals surface area (Å²) in [5.74, 6) is -0.223. The molecule has 1 aromatic heterocycles. The van der Waals surface area contributed by atoms with Gasteiger partial charge in [0.25, 0.3) is 5.56 Å². The predicted octanol–water partition coefficient (Wildman–Crippen LogP) is 1.51. The van der Waals surface area contributed by atoms with Crippen molar-refractivity contribution >= 4 is 5.91 Å². The van der Waals surface area contributed by atoms with Crippen molar-refractivity contribution in [3.8, 4) is 0 Å². The summed E-state index contributed by atoms with van der Waals surface area (Å²) in [5.41, 5.74) is 0.393. The van der Waals surface area contributed by atoms with Crippen molar-refractivity contribution in [2.75, 3.05) is 0 Å². The fraction of sp³-hybridized carbons (Fsp3) is 0.421. The van der Waals surface area contributed by atoms with Gasteiger partial charge in [-0.05, 0) is 49.8 Å². The van der Waals surface area contributed by atoms with Crippen LogP contribution in [0, 0.1) is 18.7 Å². The van der Waals surface area contributed by atoms with Crippen molar-refractivity contribution < 1.29 is 9.18 Å². The smallest absolute Gasteiger partial charge is 0.328 e. The zero-order chi connectivity index (χ0) is 18.7.